The molecule has 1 aliphatic heterocycles. The van der Waals surface area contributed by atoms with Crippen LogP contribution in [0.5, 0.6) is 0 Å². The molecular weight excluding hydrogens is 306 g/mol. The predicted molar refractivity (Wildman–Crippen MR) is 81.1 cm³/mol. The minimum Gasteiger partial charge on any atom is -0.481 e. The van der Waals surface area contributed by atoms with E-state index in [1.807, 2.05) is 19.1 Å². The van der Waals surface area contributed by atoms with E-state index in [1.54, 1.807) is 12.1 Å². The Morgan fingerprint density at radius 2 is 2.09 bits per heavy atom. The van der Waals surface area contributed by atoms with E-state index in [9.17, 15) is 23.1 Å². The van der Waals surface area contributed by atoms with Crippen molar-refractivity contribution in [3.05, 3.63) is 35.4 Å². The maximum atomic E-state index is 12.1. The van der Waals surface area contributed by atoms with Crippen molar-refractivity contribution >= 4 is 21.7 Å². The van der Waals surface area contributed by atoms with Gasteiger partial charge >= 0.3 is 5.97 Å². The number of carbonyl (C=O) groups is 2. The van der Waals surface area contributed by atoms with Crippen LogP contribution in [0.4, 0.5) is 0 Å². The maximum absolute atomic E-state index is 12.1. The minimum atomic E-state index is -3.23. The lowest BCUT2D eigenvalue weighted by molar-refractivity contribution is -0.142. The largest absolute Gasteiger partial charge is 0.481 e. The average molecular weight is 325 g/mol. The van der Waals surface area contributed by atoms with E-state index in [0.717, 1.165) is 17.4 Å². The van der Waals surface area contributed by atoms with E-state index in [0.29, 0.717) is 0 Å². The Balaban J connectivity index is 2.36. The van der Waals surface area contributed by atoms with Gasteiger partial charge in [0.15, 0.2) is 0 Å². The number of sulfone groups is 1. The quantitative estimate of drug-likeness (QED) is 0.872. The topological polar surface area (TPSA) is 91.8 Å². The highest BCUT2D eigenvalue weighted by Crippen LogP contribution is 2.38. The molecule has 2 unspecified atom stereocenters. The summed E-state index contributed by atoms with van der Waals surface area (Å²) in [6.45, 7) is 1.90. The highest BCUT2D eigenvalue weighted by molar-refractivity contribution is 7.90. The zero-order chi connectivity index (χ0) is 16.5. The molecule has 2 rings (SSSR count). The number of hydrogen-bond acceptors (Lipinski definition) is 4. The molecule has 1 saturated heterocycles. The van der Waals surface area contributed by atoms with Crippen molar-refractivity contribution in [1.82, 2.24) is 4.90 Å². The summed E-state index contributed by atoms with van der Waals surface area (Å²) in [6, 6.07) is 6.69. The number of benzene rings is 1. The molecule has 0 aliphatic carbocycles. The molecule has 6 nitrogen and oxygen atoms in total. The van der Waals surface area contributed by atoms with Crippen molar-refractivity contribution in [2.24, 2.45) is 5.92 Å². The van der Waals surface area contributed by atoms with E-state index in [2.05, 4.69) is 0 Å². The summed E-state index contributed by atoms with van der Waals surface area (Å²) in [5, 5.41) is 9.38. The molecule has 0 saturated carbocycles. The van der Waals surface area contributed by atoms with Gasteiger partial charge in [-0.15, -0.1) is 0 Å². The molecule has 1 heterocycles. The number of likely N-dealkylation sites (tertiary alicyclic amines) is 1. The van der Waals surface area contributed by atoms with Crippen molar-refractivity contribution in [2.45, 2.75) is 19.4 Å². The van der Waals surface area contributed by atoms with Gasteiger partial charge in [0.2, 0.25) is 5.91 Å². The highest BCUT2D eigenvalue weighted by Gasteiger charge is 2.44. The first-order valence-electron chi connectivity index (χ1n) is 6.95. The molecule has 0 radical (unpaired) electrons. The monoisotopic (exact) mass is 325 g/mol. The summed E-state index contributed by atoms with van der Waals surface area (Å²) in [5.41, 5.74) is 1.69. The van der Waals surface area contributed by atoms with Gasteiger partial charge in [0.1, 0.15) is 9.84 Å². The van der Waals surface area contributed by atoms with Crippen LogP contribution in [0.2, 0.25) is 0 Å². The number of aliphatic carboxylic acids is 1. The Morgan fingerprint density at radius 3 is 2.64 bits per heavy atom. The molecule has 0 aromatic heterocycles. The standard InChI is InChI=1S/C15H19NO5S/c1-10-4-3-5-11(8-10)14-12(15(18)19)9-13(17)16(14)6-7-22(2,20)21/h3-5,8,12,14H,6-7,9H2,1-2H3,(H,18,19). The van der Waals surface area contributed by atoms with Gasteiger partial charge in [-0.05, 0) is 12.5 Å². The number of nitrogens with zero attached hydrogens (tertiary/aromatic N) is 1. The summed E-state index contributed by atoms with van der Waals surface area (Å²) >= 11 is 0. The van der Waals surface area contributed by atoms with Crippen LogP contribution in [-0.2, 0) is 19.4 Å². The zero-order valence-electron chi connectivity index (χ0n) is 12.5. The lowest BCUT2D eigenvalue weighted by Crippen LogP contribution is -2.34. The number of carboxylic acid groups (broad SMARTS) is 1. The number of carboxylic acids is 1. The third kappa shape index (κ3) is 3.65. The van der Waals surface area contributed by atoms with Crippen molar-refractivity contribution in [3.8, 4) is 0 Å². The van der Waals surface area contributed by atoms with Crippen molar-refractivity contribution in [3.63, 3.8) is 0 Å². The van der Waals surface area contributed by atoms with Crippen LogP contribution in [0.25, 0.3) is 0 Å². The number of amides is 1. The Kier molecular flexibility index (Phi) is 4.55. The lowest BCUT2D eigenvalue weighted by atomic mass is 9.93. The minimum absolute atomic E-state index is 0.0139. The van der Waals surface area contributed by atoms with Gasteiger partial charge in [0, 0.05) is 19.2 Å². The zero-order valence-corrected chi connectivity index (χ0v) is 13.3. The highest BCUT2D eigenvalue weighted by atomic mass is 32.2. The van der Waals surface area contributed by atoms with Gasteiger partial charge in [-0.3, -0.25) is 9.59 Å². The van der Waals surface area contributed by atoms with Gasteiger partial charge in [0.05, 0.1) is 17.7 Å². The summed E-state index contributed by atoms with van der Waals surface area (Å²) in [6.07, 6.45) is 1.00. The predicted octanol–water partition coefficient (Wildman–Crippen LogP) is 1.01. The molecule has 0 bridgehead atoms. The summed E-state index contributed by atoms with van der Waals surface area (Å²) in [5.74, 6) is -2.38. The molecule has 0 spiro atoms. The number of hydrogen-bond donors (Lipinski definition) is 1. The molecule has 1 aromatic rings. The molecule has 1 aliphatic rings. The number of carbonyl (C=O) groups excluding carboxylic acids is 1. The first-order chi connectivity index (χ1) is 10.2. The molecule has 2 atom stereocenters. The van der Waals surface area contributed by atoms with Gasteiger partial charge in [-0.25, -0.2) is 8.42 Å². The summed E-state index contributed by atoms with van der Waals surface area (Å²) < 4.78 is 22.7. The van der Waals surface area contributed by atoms with E-state index in [1.165, 1.54) is 4.90 Å². The molecule has 1 N–H and O–H groups in total. The van der Waals surface area contributed by atoms with Crippen LogP contribution >= 0.6 is 0 Å². The maximum Gasteiger partial charge on any atom is 0.309 e. The normalized spacial score (nSPS) is 22.1. The van der Waals surface area contributed by atoms with E-state index < -0.39 is 27.8 Å². The molecule has 7 heteroatoms. The third-order valence-corrected chi connectivity index (χ3v) is 4.76. The first-order valence-corrected chi connectivity index (χ1v) is 9.01. The molecule has 120 valence electrons. The fraction of sp³-hybridized carbons (Fsp3) is 0.467. The number of rotatable bonds is 5. The fourth-order valence-corrected chi connectivity index (χ4v) is 3.33. The number of aryl methyl sites for hydroxylation is 1. The average Bonchev–Trinajstić information content (AvgIpc) is 2.73. The Hall–Kier alpha value is -1.89. The second kappa shape index (κ2) is 6.08. The van der Waals surface area contributed by atoms with E-state index in [4.69, 9.17) is 0 Å². The Morgan fingerprint density at radius 1 is 1.41 bits per heavy atom. The smallest absolute Gasteiger partial charge is 0.309 e. The van der Waals surface area contributed by atoms with Crippen LogP contribution in [0.1, 0.15) is 23.6 Å². The van der Waals surface area contributed by atoms with Crippen LogP contribution in [0.15, 0.2) is 24.3 Å². The SMILES string of the molecule is Cc1cccc(C2C(C(=O)O)CC(=O)N2CCS(C)(=O)=O)c1. The van der Waals surface area contributed by atoms with Gasteiger partial charge < -0.3 is 10.0 Å². The van der Waals surface area contributed by atoms with Gasteiger partial charge in [-0.2, -0.15) is 0 Å². The fourth-order valence-electron chi connectivity index (χ4n) is 2.81. The van der Waals surface area contributed by atoms with Crippen molar-refractivity contribution in [2.75, 3.05) is 18.6 Å². The van der Waals surface area contributed by atoms with E-state index >= 15 is 0 Å². The summed E-state index contributed by atoms with van der Waals surface area (Å²) in [4.78, 5) is 25.0. The van der Waals surface area contributed by atoms with Crippen LogP contribution < -0.4 is 0 Å². The second-order valence-corrected chi connectivity index (χ2v) is 7.98. The van der Waals surface area contributed by atoms with Crippen LogP contribution in [0.3, 0.4) is 0 Å². The molecule has 22 heavy (non-hydrogen) atoms. The summed E-state index contributed by atoms with van der Waals surface area (Å²) in [7, 11) is -3.23. The Bertz CT molecular complexity index is 698. The van der Waals surface area contributed by atoms with Crippen LogP contribution in [-0.4, -0.2) is 48.9 Å². The van der Waals surface area contributed by atoms with E-state index in [-0.39, 0.29) is 24.6 Å². The second-order valence-electron chi connectivity index (χ2n) is 5.72. The van der Waals surface area contributed by atoms with Gasteiger partial charge in [0.25, 0.3) is 0 Å². The molecule has 1 amide bonds. The van der Waals surface area contributed by atoms with Crippen molar-refractivity contribution < 1.29 is 23.1 Å². The molecule has 1 fully saturated rings. The molecular formula is C15H19NO5S. The van der Waals surface area contributed by atoms with Crippen LogP contribution in [0, 0.1) is 12.8 Å². The molecule has 1 aromatic carbocycles. The Labute approximate surface area is 129 Å². The van der Waals surface area contributed by atoms with Gasteiger partial charge in [-0.1, -0.05) is 29.8 Å². The first kappa shape index (κ1) is 16.5. The van der Waals surface area contributed by atoms with Crippen molar-refractivity contribution in [1.29, 1.82) is 0 Å². The third-order valence-electron chi connectivity index (χ3n) is 3.84. The lowest BCUT2D eigenvalue weighted by Gasteiger charge is -2.27.